The topological polar surface area (TPSA) is 40.5 Å². The molecule has 2 fully saturated rings. The van der Waals surface area contributed by atoms with E-state index in [-0.39, 0.29) is 6.04 Å². The molecule has 2 unspecified atom stereocenters. The number of likely N-dealkylation sites (tertiary alicyclic amines) is 1. The number of nitrogens with zero attached hydrogens (tertiary/aromatic N) is 1. The number of carboxylic acids is 1. The van der Waals surface area contributed by atoms with E-state index >= 15 is 0 Å². The minimum Gasteiger partial charge on any atom is -0.480 e. The second-order valence-corrected chi connectivity index (χ2v) is 5.31. The Hall–Kier alpha value is -0.570. The molecule has 3 nitrogen and oxygen atoms in total. The number of rotatable bonds is 4. The third kappa shape index (κ3) is 2.17. The number of hydrogen-bond acceptors (Lipinski definition) is 2. The van der Waals surface area contributed by atoms with Crippen molar-refractivity contribution in [3.8, 4) is 0 Å². The van der Waals surface area contributed by atoms with Crippen molar-refractivity contribution in [1.29, 1.82) is 0 Å². The molecule has 1 saturated heterocycles. The van der Waals surface area contributed by atoms with Crippen LogP contribution in [0.15, 0.2) is 0 Å². The molecule has 1 aliphatic heterocycles. The van der Waals surface area contributed by atoms with Gasteiger partial charge in [0, 0.05) is 6.04 Å². The van der Waals surface area contributed by atoms with Crippen molar-refractivity contribution in [3.63, 3.8) is 0 Å². The first kappa shape index (κ1) is 10.9. The van der Waals surface area contributed by atoms with Gasteiger partial charge in [-0.15, -0.1) is 0 Å². The van der Waals surface area contributed by atoms with E-state index in [0.29, 0.717) is 17.9 Å². The zero-order valence-electron chi connectivity index (χ0n) is 9.65. The highest BCUT2D eigenvalue weighted by Crippen LogP contribution is 2.39. The van der Waals surface area contributed by atoms with Gasteiger partial charge in [0.05, 0.1) is 0 Å². The summed E-state index contributed by atoms with van der Waals surface area (Å²) in [7, 11) is 0. The largest absolute Gasteiger partial charge is 0.480 e. The van der Waals surface area contributed by atoms with Crippen LogP contribution in [0.5, 0.6) is 0 Å². The van der Waals surface area contributed by atoms with E-state index in [2.05, 4.69) is 18.7 Å². The molecule has 0 aromatic carbocycles. The Balaban J connectivity index is 2.08. The maximum Gasteiger partial charge on any atom is 0.321 e. The Morgan fingerprint density at radius 3 is 2.47 bits per heavy atom. The Kier molecular flexibility index (Phi) is 3.01. The molecular weight excluding hydrogens is 190 g/mol. The van der Waals surface area contributed by atoms with Crippen LogP contribution >= 0.6 is 0 Å². The third-order valence-electron chi connectivity index (χ3n) is 3.79. The van der Waals surface area contributed by atoms with Gasteiger partial charge in [0.2, 0.25) is 0 Å². The molecule has 2 aliphatic rings. The van der Waals surface area contributed by atoms with E-state index < -0.39 is 5.97 Å². The van der Waals surface area contributed by atoms with Crippen LogP contribution in [-0.2, 0) is 4.79 Å². The van der Waals surface area contributed by atoms with Gasteiger partial charge in [-0.3, -0.25) is 9.69 Å². The van der Waals surface area contributed by atoms with Crippen molar-refractivity contribution in [1.82, 2.24) is 4.90 Å². The number of carbonyl (C=O) groups is 1. The molecule has 0 amide bonds. The monoisotopic (exact) mass is 211 g/mol. The minimum absolute atomic E-state index is 0.195. The number of hydrogen-bond donors (Lipinski definition) is 1. The van der Waals surface area contributed by atoms with Gasteiger partial charge >= 0.3 is 5.97 Å². The molecule has 3 heteroatoms. The lowest BCUT2D eigenvalue weighted by Crippen LogP contribution is -2.47. The van der Waals surface area contributed by atoms with Gasteiger partial charge in [-0.1, -0.05) is 13.8 Å². The van der Waals surface area contributed by atoms with Crippen LogP contribution in [-0.4, -0.2) is 34.6 Å². The minimum atomic E-state index is -0.606. The Morgan fingerprint density at radius 2 is 2.00 bits per heavy atom. The normalized spacial score (nSPS) is 29.7. The lowest BCUT2D eigenvalue weighted by atomic mass is 9.99. The van der Waals surface area contributed by atoms with Gasteiger partial charge < -0.3 is 5.11 Å². The maximum atomic E-state index is 11.3. The van der Waals surface area contributed by atoms with Gasteiger partial charge in [-0.05, 0) is 44.1 Å². The fourth-order valence-electron chi connectivity index (χ4n) is 2.90. The first-order chi connectivity index (χ1) is 7.11. The van der Waals surface area contributed by atoms with Crippen LogP contribution in [0.1, 0.15) is 39.5 Å². The van der Waals surface area contributed by atoms with E-state index in [1.165, 1.54) is 12.8 Å². The molecule has 1 saturated carbocycles. The first-order valence-corrected chi connectivity index (χ1v) is 6.10. The van der Waals surface area contributed by atoms with Gasteiger partial charge in [0.25, 0.3) is 0 Å². The van der Waals surface area contributed by atoms with Crippen molar-refractivity contribution in [2.75, 3.05) is 6.54 Å². The molecule has 0 bridgehead atoms. The average Bonchev–Trinajstić information content (AvgIpc) is 2.82. The molecule has 0 spiro atoms. The molecule has 2 atom stereocenters. The van der Waals surface area contributed by atoms with E-state index in [4.69, 9.17) is 0 Å². The summed E-state index contributed by atoms with van der Waals surface area (Å²) in [6.45, 7) is 5.39. The van der Waals surface area contributed by atoms with Crippen molar-refractivity contribution in [2.24, 2.45) is 11.8 Å². The second kappa shape index (κ2) is 4.12. The van der Waals surface area contributed by atoms with Gasteiger partial charge in [0.1, 0.15) is 6.04 Å². The summed E-state index contributed by atoms with van der Waals surface area (Å²) >= 11 is 0. The fourth-order valence-corrected chi connectivity index (χ4v) is 2.90. The molecule has 1 heterocycles. The highest BCUT2D eigenvalue weighted by molar-refractivity contribution is 5.74. The Labute approximate surface area is 91.5 Å². The molecule has 86 valence electrons. The highest BCUT2D eigenvalue weighted by atomic mass is 16.4. The van der Waals surface area contributed by atoms with Crippen LogP contribution in [0.25, 0.3) is 0 Å². The van der Waals surface area contributed by atoms with Crippen molar-refractivity contribution >= 4 is 5.97 Å². The van der Waals surface area contributed by atoms with Gasteiger partial charge in [-0.2, -0.15) is 0 Å². The SMILES string of the molecule is CC(C)C1CCCN1C(C(=O)O)C1CC1. The summed E-state index contributed by atoms with van der Waals surface area (Å²) in [5.41, 5.74) is 0. The summed E-state index contributed by atoms with van der Waals surface area (Å²) in [5.74, 6) is 0.403. The molecule has 0 aromatic rings. The van der Waals surface area contributed by atoms with Crippen LogP contribution < -0.4 is 0 Å². The Morgan fingerprint density at radius 1 is 1.33 bits per heavy atom. The molecule has 2 rings (SSSR count). The Bertz CT molecular complexity index is 248. The van der Waals surface area contributed by atoms with Gasteiger partial charge in [0.15, 0.2) is 0 Å². The zero-order chi connectivity index (χ0) is 11.0. The fraction of sp³-hybridized carbons (Fsp3) is 0.917. The number of carboxylic acid groups (broad SMARTS) is 1. The third-order valence-corrected chi connectivity index (χ3v) is 3.79. The maximum absolute atomic E-state index is 11.3. The molecule has 15 heavy (non-hydrogen) atoms. The summed E-state index contributed by atoms with van der Waals surface area (Å²) in [5, 5.41) is 9.30. The predicted molar refractivity (Wildman–Crippen MR) is 58.7 cm³/mol. The van der Waals surface area contributed by atoms with Gasteiger partial charge in [-0.25, -0.2) is 0 Å². The molecule has 1 aliphatic carbocycles. The lowest BCUT2D eigenvalue weighted by Gasteiger charge is -2.32. The van der Waals surface area contributed by atoms with Crippen LogP contribution in [0.3, 0.4) is 0 Å². The van der Waals surface area contributed by atoms with E-state index in [1.54, 1.807) is 0 Å². The first-order valence-electron chi connectivity index (χ1n) is 6.10. The quantitative estimate of drug-likeness (QED) is 0.773. The van der Waals surface area contributed by atoms with Crippen LogP contribution in [0, 0.1) is 11.8 Å². The van der Waals surface area contributed by atoms with Crippen molar-refractivity contribution in [2.45, 2.75) is 51.6 Å². The standard InChI is InChI=1S/C12H21NO2/c1-8(2)10-4-3-7-13(10)11(12(14)15)9-5-6-9/h8-11H,3-7H2,1-2H3,(H,14,15). The van der Waals surface area contributed by atoms with E-state index in [0.717, 1.165) is 19.4 Å². The van der Waals surface area contributed by atoms with E-state index in [1.807, 2.05) is 0 Å². The second-order valence-electron chi connectivity index (χ2n) is 5.31. The van der Waals surface area contributed by atoms with Crippen LogP contribution in [0.2, 0.25) is 0 Å². The lowest BCUT2D eigenvalue weighted by molar-refractivity contribution is -0.145. The van der Waals surface area contributed by atoms with Crippen molar-refractivity contribution < 1.29 is 9.90 Å². The van der Waals surface area contributed by atoms with E-state index in [9.17, 15) is 9.90 Å². The molecule has 0 aromatic heterocycles. The molecule has 1 N–H and O–H groups in total. The number of aliphatic carboxylic acids is 1. The van der Waals surface area contributed by atoms with Crippen LogP contribution in [0.4, 0.5) is 0 Å². The summed E-state index contributed by atoms with van der Waals surface area (Å²) < 4.78 is 0. The zero-order valence-corrected chi connectivity index (χ0v) is 9.65. The summed E-state index contributed by atoms with van der Waals surface area (Å²) in [4.78, 5) is 13.5. The smallest absolute Gasteiger partial charge is 0.321 e. The predicted octanol–water partition coefficient (Wildman–Crippen LogP) is 1.97. The highest BCUT2D eigenvalue weighted by Gasteiger charge is 2.44. The summed E-state index contributed by atoms with van der Waals surface area (Å²) in [6, 6.07) is 0.298. The molecular formula is C12H21NO2. The molecule has 0 radical (unpaired) electrons. The van der Waals surface area contributed by atoms with Crippen molar-refractivity contribution in [3.05, 3.63) is 0 Å². The average molecular weight is 211 g/mol. The summed E-state index contributed by atoms with van der Waals surface area (Å²) in [6.07, 6.45) is 4.56.